The zero-order valence-corrected chi connectivity index (χ0v) is 15.9. The number of hydrogen-bond donors (Lipinski definition) is 2. The lowest BCUT2D eigenvalue weighted by Crippen LogP contribution is -2.25. The first kappa shape index (κ1) is 19.7. The van der Waals surface area contributed by atoms with Gasteiger partial charge in [-0.2, -0.15) is 0 Å². The van der Waals surface area contributed by atoms with Gasteiger partial charge < -0.3 is 14.7 Å². The van der Waals surface area contributed by atoms with E-state index in [0.717, 1.165) is 22.9 Å². The van der Waals surface area contributed by atoms with Gasteiger partial charge in [-0.25, -0.2) is 4.98 Å². The molecule has 146 valence electrons. The fraction of sp³-hybridized carbons (Fsp3) is 0.263. The number of carbonyl (C=O) groups is 2. The van der Waals surface area contributed by atoms with Crippen LogP contribution in [-0.4, -0.2) is 45.4 Å². The molecule has 1 fully saturated rings. The first-order chi connectivity index (χ1) is 13.5. The van der Waals surface area contributed by atoms with E-state index < -0.39 is 0 Å². The number of nitrogens with zero attached hydrogens (tertiary/aromatic N) is 2. The van der Waals surface area contributed by atoms with Gasteiger partial charge in [0, 0.05) is 17.8 Å². The molecule has 2 N–H and O–H groups in total. The Morgan fingerprint density at radius 3 is 2.64 bits per heavy atom. The number of imide groups is 1. The molecule has 1 unspecified atom stereocenters. The van der Waals surface area contributed by atoms with Gasteiger partial charge in [0.2, 0.25) is 11.8 Å². The van der Waals surface area contributed by atoms with Gasteiger partial charge in [-0.1, -0.05) is 29.1 Å². The van der Waals surface area contributed by atoms with E-state index in [-0.39, 0.29) is 28.9 Å². The molecule has 0 spiro atoms. The smallest absolute Gasteiger partial charge is 0.286 e. The van der Waals surface area contributed by atoms with E-state index in [2.05, 4.69) is 15.5 Å². The Labute approximate surface area is 165 Å². The second-order valence-electron chi connectivity index (χ2n) is 5.99. The molecular formula is C19H19N3O5S. The summed E-state index contributed by atoms with van der Waals surface area (Å²) in [6.45, 7) is 2.37. The second-order valence-corrected chi connectivity index (χ2v) is 7.17. The summed E-state index contributed by atoms with van der Waals surface area (Å²) in [6, 6.07) is 10.5. The molecule has 1 aliphatic heterocycles. The molecule has 1 atom stereocenters. The largest absolute Gasteiger partial charge is 0.493 e. The number of amides is 2. The molecule has 1 saturated heterocycles. The number of benzene rings is 1. The maximum absolute atomic E-state index is 11.6. The highest BCUT2D eigenvalue weighted by atomic mass is 32.2. The fourth-order valence-electron chi connectivity index (χ4n) is 2.46. The van der Waals surface area contributed by atoms with Crippen LogP contribution in [0.5, 0.6) is 11.6 Å². The van der Waals surface area contributed by atoms with Crippen molar-refractivity contribution in [2.75, 3.05) is 13.2 Å². The highest BCUT2D eigenvalue weighted by molar-refractivity contribution is 8.15. The fourth-order valence-corrected chi connectivity index (χ4v) is 3.32. The molecule has 1 aliphatic rings. The summed E-state index contributed by atoms with van der Waals surface area (Å²) in [7, 11) is 0. The summed E-state index contributed by atoms with van der Waals surface area (Å²) in [5, 5.41) is 14.8. The number of carbonyl (C=O) groups excluding carboxylic acids is 2. The van der Waals surface area contributed by atoms with Gasteiger partial charge in [-0.05, 0) is 37.1 Å². The molecular weight excluding hydrogens is 382 g/mol. The third-order valence-electron chi connectivity index (χ3n) is 3.92. The minimum absolute atomic E-state index is 0.0457. The van der Waals surface area contributed by atoms with Crippen molar-refractivity contribution in [2.45, 2.75) is 18.6 Å². The van der Waals surface area contributed by atoms with Crippen molar-refractivity contribution in [1.29, 1.82) is 0 Å². The van der Waals surface area contributed by atoms with Crippen LogP contribution in [0.4, 0.5) is 4.79 Å². The SMILES string of the molecule is C/C(=N/OCCOc1ccc(CC2SC(=O)NC2=O)cc1)c1ccc(O)nc1. The highest BCUT2D eigenvalue weighted by Crippen LogP contribution is 2.23. The Morgan fingerprint density at radius 2 is 2.00 bits per heavy atom. The standard InChI is InChI=1S/C19H19N3O5S/c1-12(14-4-7-17(23)20-11-14)22-27-9-8-26-15-5-2-13(3-6-15)10-16-18(24)21-19(25)28-16/h2-7,11,16H,8-10H2,1H3,(H,20,23)(H,21,24,25)/b22-12-. The number of aromatic nitrogens is 1. The number of oxime groups is 1. The average Bonchev–Trinajstić information content (AvgIpc) is 3.00. The van der Waals surface area contributed by atoms with Crippen molar-refractivity contribution >= 4 is 28.6 Å². The molecule has 0 saturated carbocycles. The predicted molar refractivity (Wildman–Crippen MR) is 105 cm³/mol. The van der Waals surface area contributed by atoms with E-state index in [9.17, 15) is 14.7 Å². The summed E-state index contributed by atoms with van der Waals surface area (Å²) in [5.74, 6) is 0.387. The van der Waals surface area contributed by atoms with Crippen molar-refractivity contribution in [3.63, 3.8) is 0 Å². The summed E-state index contributed by atoms with van der Waals surface area (Å²) < 4.78 is 5.59. The average molecular weight is 401 g/mol. The molecule has 2 aromatic rings. The van der Waals surface area contributed by atoms with Crippen LogP contribution in [0.15, 0.2) is 47.8 Å². The third-order valence-corrected chi connectivity index (χ3v) is 4.90. The van der Waals surface area contributed by atoms with Crippen LogP contribution < -0.4 is 10.1 Å². The highest BCUT2D eigenvalue weighted by Gasteiger charge is 2.31. The Bertz CT molecular complexity index is 868. The molecule has 2 heterocycles. The molecule has 1 aromatic heterocycles. The summed E-state index contributed by atoms with van der Waals surface area (Å²) >= 11 is 1.02. The van der Waals surface area contributed by atoms with E-state index in [4.69, 9.17) is 9.57 Å². The van der Waals surface area contributed by atoms with Crippen LogP contribution >= 0.6 is 11.8 Å². The number of aromatic hydroxyl groups is 1. The van der Waals surface area contributed by atoms with Gasteiger partial charge in [0.1, 0.15) is 12.4 Å². The van der Waals surface area contributed by atoms with Gasteiger partial charge in [-0.15, -0.1) is 0 Å². The first-order valence-corrected chi connectivity index (χ1v) is 9.44. The number of hydrogen-bond acceptors (Lipinski definition) is 8. The normalized spacial score (nSPS) is 16.8. The van der Waals surface area contributed by atoms with E-state index in [0.29, 0.717) is 24.5 Å². The molecule has 8 nitrogen and oxygen atoms in total. The van der Waals surface area contributed by atoms with Crippen molar-refractivity contribution in [3.05, 3.63) is 53.7 Å². The number of ether oxygens (including phenoxy) is 1. The molecule has 0 radical (unpaired) electrons. The second kappa shape index (κ2) is 9.23. The van der Waals surface area contributed by atoms with Gasteiger partial charge in [0.25, 0.3) is 5.24 Å². The zero-order valence-electron chi connectivity index (χ0n) is 15.1. The van der Waals surface area contributed by atoms with Crippen molar-refractivity contribution < 1.29 is 24.3 Å². The first-order valence-electron chi connectivity index (χ1n) is 8.56. The monoisotopic (exact) mass is 401 g/mol. The molecule has 28 heavy (non-hydrogen) atoms. The van der Waals surface area contributed by atoms with Crippen molar-refractivity contribution in [2.24, 2.45) is 5.16 Å². The summed E-state index contributed by atoms with van der Waals surface area (Å²) in [6.07, 6.45) is 2.00. The zero-order chi connectivity index (χ0) is 19.9. The lowest BCUT2D eigenvalue weighted by molar-refractivity contribution is -0.118. The van der Waals surface area contributed by atoms with Gasteiger partial charge in [0.15, 0.2) is 6.61 Å². The van der Waals surface area contributed by atoms with Crippen molar-refractivity contribution in [3.8, 4) is 11.6 Å². The van der Waals surface area contributed by atoms with Crippen LogP contribution in [0.2, 0.25) is 0 Å². The molecule has 0 bridgehead atoms. The lowest BCUT2D eigenvalue weighted by Gasteiger charge is -2.08. The maximum atomic E-state index is 11.6. The molecule has 3 rings (SSSR count). The Hall–Kier alpha value is -3.07. The molecule has 2 amide bonds. The number of thioether (sulfide) groups is 1. The van der Waals surface area contributed by atoms with E-state index in [1.165, 1.54) is 12.3 Å². The van der Waals surface area contributed by atoms with Crippen LogP contribution in [-0.2, 0) is 16.1 Å². The third kappa shape index (κ3) is 5.46. The topological polar surface area (TPSA) is 110 Å². The molecule has 1 aromatic carbocycles. The van der Waals surface area contributed by atoms with E-state index >= 15 is 0 Å². The van der Waals surface area contributed by atoms with E-state index in [1.54, 1.807) is 13.0 Å². The quantitative estimate of drug-likeness (QED) is 0.397. The van der Waals surface area contributed by atoms with Crippen LogP contribution in [0.3, 0.4) is 0 Å². The summed E-state index contributed by atoms with van der Waals surface area (Å²) in [5.41, 5.74) is 2.35. The van der Waals surface area contributed by atoms with Gasteiger partial charge >= 0.3 is 0 Å². The Kier molecular flexibility index (Phi) is 6.49. The maximum Gasteiger partial charge on any atom is 0.286 e. The number of pyridine rings is 1. The molecule has 9 heteroatoms. The Morgan fingerprint density at radius 1 is 1.21 bits per heavy atom. The van der Waals surface area contributed by atoms with E-state index in [1.807, 2.05) is 24.3 Å². The van der Waals surface area contributed by atoms with Gasteiger partial charge in [-0.3, -0.25) is 14.9 Å². The van der Waals surface area contributed by atoms with Crippen LogP contribution in [0, 0.1) is 0 Å². The van der Waals surface area contributed by atoms with Crippen molar-refractivity contribution in [1.82, 2.24) is 10.3 Å². The van der Waals surface area contributed by atoms with Gasteiger partial charge in [0.05, 0.1) is 11.0 Å². The minimum Gasteiger partial charge on any atom is -0.493 e. The van der Waals surface area contributed by atoms with Crippen LogP contribution in [0.25, 0.3) is 0 Å². The van der Waals surface area contributed by atoms with Crippen LogP contribution in [0.1, 0.15) is 18.1 Å². The predicted octanol–water partition coefficient (Wildman–Crippen LogP) is 2.50. The lowest BCUT2D eigenvalue weighted by atomic mass is 10.1. The Balaban J connectivity index is 1.40. The number of nitrogens with one attached hydrogen (secondary N) is 1. The molecule has 0 aliphatic carbocycles. The number of rotatable bonds is 8. The minimum atomic E-state index is -0.377. The summed E-state index contributed by atoms with van der Waals surface area (Å²) in [4.78, 5) is 31.8.